The third-order valence-electron chi connectivity index (χ3n) is 3.98. The minimum atomic E-state index is 0.101. The molecule has 0 spiro atoms. The molecule has 1 fully saturated rings. The molecule has 0 N–H and O–H groups in total. The van der Waals surface area contributed by atoms with Crippen LogP contribution in [0.1, 0.15) is 28.8 Å². The fourth-order valence-electron chi connectivity index (χ4n) is 2.60. The number of carbonyl (C=O) groups is 1. The number of thiophene rings is 1. The van der Waals surface area contributed by atoms with E-state index in [0.717, 1.165) is 24.1 Å². The lowest BCUT2D eigenvalue weighted by Crippen LogP contribution is -2.32. The van der Waals surface area contributed by atoms with Gasteiger partial charge in [0.2, 0.25) is 0 Å². The highest BCUT2D eigenvalue weighted by Crippen LogP contribution is 2.30. The van der Waals surface area contributed by atoms with Crippen molar-refractivity contribution < 1.29 is 4.79 Å². The molecule has 6 heteroatoms. The van der Waals surface area contributed by atoms with Crippen LogP contribution in [0.2, 0.25) is 0 Å². The standard InChI is InChI=1S/C17H16N4OS/c22-17(20(15-5-6-15)11-13-7-10-23-12-13)14-1-3-16(4-2-14)21-9-8-18-19-21/h1-4,7-10,12,15H,5-6,11H2. The van der Waals surface area contributed by atoms with Gasteiger partial charge in [0, 0.05) is 18.2 Å². The van der Waals surface area contributed by atoms with Crippen LogP contribution < -0.4 is 0 Å². The first kappa shape index (κ1) is 14.1. The van der Waals surface area contributed by atoms with Crippen LogP contribution in [-0.4, -0.2) is 31.8 Å². The molecule has 2 aromatic heterocycles. The molecular weight excluding hydrogens is 308 g/mol. The molecule has 5 nitrogen and oxygen atoms in total. The number of aromatic nitrogens is 3. The summed E-state index contributed by atoms with van der Waals surface area (Å²) >= 11 is 1.67. The van der Waals surface area contributed by atoms with Crippen LogP contribution in [0.3, 0.4) is 0 Å². The molecule has 23 heavy (non-hydrogen) atoms. The Morgan fingerprint density at radius 2 is 2.09 bits per heavy atom. The highest BCUT2D eigenvalue weighted by Gasteiger charge is 2.33. The maximum atomic E-state index is 12.8. The van der Waals surface area contributed by atoms with E-state index in [-0.39, 0.29) is 5.91 Å². The highest BCUT2D eigenvalue weighted by molar-refractivity contribution is 7.07. The summed E-state index contributed by atoms with van der Waals surface area (Å²) in [7, 11) is 0. The quantitative estimate of drug-likeness (QED) is 0.724. The summed E-state index contributed by atoms with van der Waals surface area (Å²) in [6.45, 7) is 0.692. The zero-order valence-corrected chi connectivity index (χ0v) is 13.3. The second-order valence-corrected chi connectivity index (χ2v) is 6.47. The van der Waals surface area contributed by atoms with Gasteiger partial charge < -0.3 is 4.90 Å². The third kappa shape index (κ3) is 3.03. The van der Waals surface area contributed by atoms with E-state index in [1.165, 1.54) is 5.56 Å². The normalized spacial score (nSPS) is 13.9. The van der Waals surface area contributed by atoms with Gasteiger partial charge in [-0.2, -0.15) is 11.3 Å². The summed E-state index contributed by atoms with van der Waals surface area (Å²) in [5.41, 5.74) is 2.82. The van der Waals surface area contributed by atoms with E-state index in [4.69, 9.17) is 0 Å². The van der Waals surface area contributed by atoms with Crippen molar-refractivity contribution in [2.75, 3.05) is 0 Å². The maximum absolute atomic E-state index is 12.8. The molecule has 0 aliphatic heterocycles. The molecule has 1 aliphatic carbocycles. The number of rotatable bonds is 5. The first-order chi connectivity index (χ1) is 11.3. The summed E-state index contributed by atoms with van der Waals surface area (Å²) in [4.78, 5) is 14.8. The predicted octanol–water partition coefficient (Wildman–Crippen LogP) is 3.13. The average Bonchev–Trinajstić information content (AvgIpc) is 3.06. The second-order valence-electron chi connectivity index (χ2n) is 5.69. The zero-order chi connectivity index (χ0) is 15.6. The van der Waals surface area contributed by atoms with Crippen LogP contribution >= 0.6 is 11.3 Å². The highest BCUT2D eigenvalue weighted by atomic mass is 32.1. The lowest BCUT2D eigenvalue weighted by molar-refractivity contribution is 0.0730. The van der Waals surface area contributed by atoms with Gasteiger partial charge in [0.1, 0.15) is 0 Å². The molecule has 3 aromatic rings. The van der Waals surface area contributed by atoms with Crippen molar-refractivity contribution in [3.8, 4) is 5.69 Å². The molecule has 2 heterocycles. The van der Waals surface area contributed by atoms with Crippen molar-refractivity contribution in [1.29, 1.82) is 0 Å². The number of nitrogens with zero attached hydrogens (tertiary/aromatic N) is 4. The summed E-state index contributed by atoms with van der Waals surface area (Å²) in [6, 6.07) is 10.00. The van der Waals surface area contributed by atoms with Crippen LogP contribution in [0.15, 0.2) is 53.5 Å². The monoisotopic (exact) mass is 324 g/mol. The molecule has 0 atom stereocenters. The van der Waals surface area contributed by atoms with E-state index in [0.29, 0.717) is 12.6 Å². The van der Waals surface area contributed by atoms with E-state index < -0.39 is 0 Å². The van der Waals surface area contributed by atoms with E-state index in [9.17, 15) is 4.79 Å². The lowest BCUT2D eigenvalue weighted by Gasteiger charge is -2.22. The van der Waals surface area contributed by atoms with Gasteiger partial charge in [-0.1, -0.05) is 5.21 Å². The van der Waals surface area contributed by atoms with Crippen molar-refractivity contribution in [3.05, 3.63) is 64.6 Å². The second kappa shape index (κ2) is 5.96. The number of hydrogen-bond donors (Lipinski definition) is 0. The van der Waals surface area contributed by atoms with Crippen LogP contribution in [0.5, 0.6) is 0 Å². The number of hydrogen-bond acceptors (Lipinski definition) is 4. The minimum absolute atomic E-state index is 0.101. The Labute approximate surface area is 138 Å². The SMILES string of the molecule is O=C(c1ccc(-n2ccnn2)cc1)N(Cc1ccsc1)C1CC1. The molecule has 1 saturated carbocycles. The van der Waals surface area contributed by atoms with Gasteiger partial charge >= 0.3 is 0 Å². The van der Waals surface area contributed by atoms with Crippen LogP contribution in [0.4, 0.5) is 0 Å². The van der Waals surface area contributed by atoms with Crippen LogP contribution in [-0.2, 0) is 6.54 Å². The molecule has 0 unspecified atom stereocenters. The Morgan fingerprint density at radius 3 is 2.70 bits per heavy atom. The van der Waals surface area contributed by atoms with E-state index in [1.807, 2.05) is 29.2 Å². The Bertz CT molecular complexity index is 777. The van der Waals surface area contributed by atoms with Crippen LogP contribution in [0, 0.1) is 0 Å². The molecule has 1 amide bonds. The molecule has 0 saturated heterocycles. The Hall–Kier alpha value is -2.47. The Kier molecular flexibility index (Phi) is 3.67. The van der Waals surface area contributed by atoms with E-state index in [2.05, 4.69) is 27.1 Å². The molecular formula is C17H16N4OS. The fourth-order valence-corrected chi connectivity index (χ4v) is 3.26. The van der Waals surface area contributed by atoms with Gasteiger partial charge in [-0.05, 0) is 59.5 Å². The predicted molar refractivity (Wildman–Crippen MR) is 88.6 cm³/mol. The first-order valence-corrected chi connectivity index (χ1v) is 8.54. The van der Waals surface area contributed by atoms with Crippen molar-refractivity contribution in [2.45, 2.75) is 25.4 Å². The van der Waals surface area contributed by atoms with Crippen LogP contribution in [0.25, 0.3) is 5.69 Å². The zero-order valence-electron chi connectivity index (χ0n) is 12.5. The molecule has 4 rings (SSSR count). The summed E-state index contributed by atoms with van der Waals surface area (Å²) in [5.74, 6) is 0.101. The Balaban J connectivity index is 1.54. The summed E-state index contributed by atoms with van der Waals surface area (Å²) in [5, 5.41) is 11.9. The minimum Gasteiger partial charge on any atom is -0.331 e. The molecule has 1 aromatic carbocycles. The lowest BCUT2D eigenvalue weighted by atomic mass is 10.1. The van der Waals surface area contributed by atoms with Gasteiger partial charge in [0.15, 0.2) is 0 Å². The molecule has 0 bridgehead atoms. The molecule has 0 radical (unpaired) electrons. The van der Waals surface area contributed by atoms with E-state index >= 15 is 0 Å². The van der Waals surface area contributed by atoms with Crippen molar-refractivity contribution in [3.63, 3.8) is 0 Å². The first-order valence-electron chi connectivity index (χ1n) is 7.60. The van der Waals surface area contributed by atoms with Gasteiger partial charge in [0.05, 0.1) is 18.1 Å². The van der Waals surface area contributed by atoms with Crippen molar-refractivity contribution >= 4 is 17.2 Å². The largest absolute Gasteiger partial charge is 0.331 e. The number of benzene rings is 1. The maximum Gasteiger partial charge on any atom is 0.254 e. The average molecular weight is 324 g/mol. The van der Waals surface area contributed by atoms with Crippen molar-refractivity contribution in [1.82, 2.24) is 19.9 Å². The van der Waals surface area contributed by atoms with Gasteiger partial charge in [-0.3, -0.25) is 4.79 Å². The summed E-state index contributed by atoms with van der Waals surface area (Å²) < 4.78 is 1.68. The third-order valence-corrected chi connectivity index (χ3v) is 4.71. The van der Waals surface area contributed by atoms with Gasteiger partial charge in [-0.25, -0.2) is 4.68 Å². The van der Waals surface area contributed by atoms with Gasteiger partial charge in [0.25, 0.3) is 5.91 Å². The summed E-state index contributed by atoms with van der Waals surface area (Å²) in [6.07, 6.45) is 5.62. The molecule has 116 valence electrons. The van der Waals surface area contributed by atoms with Gasteiger partial charge in [-0.15, -0.1) is 5.10 Å². The Morgan fingerprint density at radius 1 is 1.26 bits per heavy atom. The number of amides is 1. The van der Waals surface area contributed by atoms with E-state index in [1.54, 1.807) is 28.4 Å². The number of carbonyl (C=O) groups excluding carboxylic acids is 1. The topological polar surface area (TPSA) is 51.0 Å². The van der Waals surface area contributed by atoms with Crippen molar-refractivity contribution in [2.24, 2.45) is 0 Å². The fraction of sp³-hybridized carbons (Fsp3) is 0.235. The molecule has 1 aliphatic rings. The smallest absolute Gasteiger partial charge is 0.254 e.